The highest BCUT2D eigenvalue weighted by molar-refractivity contribution is 5.69. The molecule has 2 bridgehead atoms. The maximum Gasteiger partial charge on any atom is 0.306 e. The van der Waals surface area contributed by atoms with E-state index in [1.54, 1.807) is 0 Å². The number of hydrogen-bond donors (Lipinski definition) is 2. The SMILES string of the molecule is O=C(CCCOCC(O)CNC1CC2Cc3ccccc3/C=C\C(C2)C2C=CC=CC12)OCc1ccccc1. The molecule has 5 rings (SSSR count). The normalized spacial score (nSPS) is 26.8. The van der Waals surface area contributed by atoms with E-state index >= 15 is 0 Å². The molecule has 0 radical (unpaired) electrons. The van der Waals surface area contributed by atoms with Gasteiger partial charge in [0.1, 0.15) is 6.61 Å². The highest BCUT2D eigenvalue weighted by Gasteiger charge is 2.38. The van der Waals surface area contributed by atoms with E-state index < -0.39 is 6.10 Å². The predicted molar refractivity (Wildman–Crippen MR) is 155 cm³/mol. The average Bonchev–Trinajstić information content (AvgIpc) is 3.11. The quantitative estimate of drug-likeness (QED) is 0.298. The van der Waals surface area contributed by atoms with Gasteiger partial charge in [-0.25, -0.2) is 0 Å². The highest BCUT2D eigenvalue weighted by Crippen LogP contribution is 2.42. The second-order valence-electron chi connectivity index (χ2n) is 11.2. The first-order valence-electron chi connectivity index (χ1n) is 14.5. The first-order valence-corrected chi connectivity index (χ1v) is 14.5. The third kappa shape index (κ3) is 7.78. The van der Waals surface area contributed by atoms with Crippen LogP contribution in [0.2, 0.25) is 0 Å². The van der Waals surface area contributed by atoms with Crippen LogP contribution in [0.5, 0.6) is 0 Å². The maximum absolute atomic E-state index is 12.0. The smallest absolute Gasteiger partial charge is 0.306 e. The van der Waals surface area contributed by atoms with Gasteiger partial charge >= 0.3 is 5.97 Å². The molecule has 3 aliphatic rings. The molecule has 0 aromatic heterocycles. The number of hydrogen-bond acceptors (Lipinski definition) is 5. The zero-order chi connectivity index (χ0) is 26.9. The van der Waals surface area contributed by atoms with Crippen LogP contribution >= 0.6 is 0 Å². The Hall–Kier alpha value is -2.99. The summed E-state index contributed by atoms with van der Waals surface area (Å²) in [4.78, 5) is 12.0. The van der Waals surface area contributed by atoms with E-state index in [1.165, 1.54) is 17.5 Å². The first kappa shape index (κ1) is 27.6. The number of esters is 1. The molecule has 2 aromatic carbocycles. The zero-order valence-electron chi connectivity index (χ0n) is 22.7. The van der Waals surface area contributed by atoms with Crippen molar-refractivity contribution in [2.45, 2.75) is 50.9 Å². The summed E-state index contributed by atoms with van der Waals surface area (Å²) >= 11 is 0. The lowest BCUT2D eigenvalue weighted by Crippen LogP contribution is -2.44. The molecule has 2 aromatic rings. The van der Waals surface area contributed by atoms with Crippen molar-refractivity contribution in [1.29, 1.82) is 0 Å². The fourth-order valence-corrected chi connectivity index (χ4v) is 6.33. The molecular formula is C34H41NO4. The van der Waals surface area contributed by atoms with Gasteiger partial charge in [-0.2, -0.15) is 0 Å². The minimum atomic E-state index is -0.592. The Labute approximate surface area is 232 Å². The lowest BCUT2D eigenvalue weighted by atomic mass is 9.75. The van der Waals surface area contributed by atoms with E-state index in [0.29, 0.717) is 62.3 Å². The summed E-state index contributed by atoms with van der Waals surface area (Å²) in [6.45, 7) is 1.47. The molecule has 5 heteroatoms. The fraction of sp³-hybridized carbons (Fsp3) is 0.441. The number of fused-ring (bicyclic) bond motifs is 5. The van der Waals surface area contributed by atoms with Gasteiger partial charge in [0.05, 0.1) is 12.7 Å². The van der Waals surface area contributed by atoms with Crippen LogP contribution in [-0.4, -0.2) is 43.0 Å². The van der Waals surface area contributed by atoms with Gasteiger partial charge in [0.15, 0.2) is 0 Å². The summed E-state index contributed by atoms with van der Waals surface area (Å²) < 4.78 is 11.0. The summed E-state index contributed by atoms with van der Waals surface area (Å²) in [5, 5.41) is 14.4. The number of ether oxygens (including phenoxy) is 2. The summed E-state index contributed by atoms with van der Waals surface area (Å²) in [7, 11) is 0. The number of aliphatic hydroxyl groups is 1. The van der Waals surface area contributed by atoms with E-state index in [2.05, 4.69) is 66.0 Å². The van der Waals surface area contributed by atoms with Crippen LogP contribution in [0, 0.1) is 23.7 Å². The number of nitrogens with one attached hydrogen (secondary N) is 1. The van der Waals surface area contributed by atoms with Crippen molar-refractivity contribution >= 4 is 12.0 Å². The molecule has 0 amide bonds. The van der Waals surface area contributed by atoms with E-state index in [1.807, 2.05) is 30.3 Å². The van der Waals surface area contributed by atoms with Crippen LogP contribution in [0.3, 0.4) is 0 Å². The Morgan fingerprint density at radius 3 is 2.64 bits per heavy atom. The molecule has 6 atom stereocenters. The van der Waals surface area contributed by atoms with Crippen molar-refractivity contribution in [2.75, 3.05) is 19.8 Å². The van der Waals surface area contributed by atoms with Crippen molar-refractivity contribution in [3.05, 3.63) is 102 Å². The third-order valence-electron chi connectivity index (χ3n) is 8.30. The number of aliphatic hydroxyl groups excluding tert-OH is 1. The highest BCUT2D eigenvalue weighted by atomic mass is 16.5. The van der Waals surface area contributed by atoms with E-state index in [9.17, 15) is 9.90 Å². The number of allylic oxidation sites excluding steroid dienone is 4. The molecule has 0 heterocycles. The molecule has 206 valence electrons. The minimum absolute atomic E-state index is 0.226. The van der Waals surface area contributed by atoms with Crippen molar-refractivity contribution in [3.63, 3.8) is 0 Å². The van der Waals surface area contributed by atoms with Gasteiger partial charge in [-0.1, -0.05) is 91.1 Å². The van der Waals surface area contributed by atoms with Crippen molar-refractivity contribution in [1.82, 2.24) is 5.32 Å². The largest absolute Gasteiger partial charge is 0.461 e. The molecule has 5 nitrogen and oxygen atoms in total. The third-order valence-corrected chi connectivity index (χ3v) is 8.30. The molecule has 39 heavy (non-hydrogen) atoms. The Bertz CT molecular complexity index is 1160. The van der Waals surface area contributed by atoms with E-state index in [-0.39, 0.29) is 12.6 Å². The van der Waals surface area contributed by atoms with E-state index in [4.69, 9.17) is 9.47 Å². The summed E-state index contributed by atoms with van der Waals surface area (Å²) in [5.74, 6) is 1.77. The summed E-state index contributed by atoms with van der Waals surface area (Å²) in [6.07, 6.45) is 17.6. The second-order valence-corrected chi connectivity index (χ2v) is 11.2. The fourth-order valence-electron chi connectivity index (χ4n) is 6.33. The summed E-state index contributed by atoms with van der Waals surface area (Å²) in [6, 6.07) is 18.8. The van der Waals surface area contributed by atoms with Crippen molar-refractivity contribution < 1.29 is 19.4 Å². The number of rotatable bonds is 11. The maximum atomic E-state index is 12.0. The van der Waals surface area contributed by atoms with Crippen LogP contribution < -0.4 is 5.32 Å². The monoisotopic (exact) mass is 527 g/mol. The lowest BCUT2D eigenvalue weighted by molar-refractivity contribution is -0.145. The minimum Gasteiger partial charge on any atom is -0.461 e. The number of carbonyl (C=O) groups is 1. The molecule has 0 spiro atoms. The standard InChI is InChI=1S/C34H41NO4/c36-30(24-38-18-8-15-34(37)39-23-25-9-2-1-3-10-25)22-35-33-21-26-19-28-12-5-4-11-27(28)16-17-29(20-26)31-13-6-7-14-32(31)33/h1-7,9-14,16-17,26,29-33,35-36H,8,15,18-24H2/b17-16-. The molecule has 6 unspecified atom stereocenters. The Morgan fingerprint density at radius 1 is 0.974 bits per heavy atom. The molecule has 3 aliphatic carbocycles. The van der Waals surface area contributed by atoms with Gasteiger partial charge in [-0.3, -0.25) is 4.79 Å². The zero-order valence-corrected chi connectivity index (χ0v) is 22.7. The topological polar surface area (TPSA) is 67.8 Å². The second kappa shape index (κ2) is 13.9. The summed E-state index contributed by atoms with van der Waals surface area (Å²) in [5.41, 5.74) is 3.76. The van der Waals surface area contributed by atoms with Gasteiger partial charge in [0, 0.05) is 25.6 Å². The van der Waals surface area contributed by atoms with Gasteiger partial charge in [-0.15, -0.1) is 0 Å². The van der Waals surface area contributed by atoms with Crippen LogP contribution in [-0.2, 0) is 27.3 Å². The van der Waals surface area contributed by atoms with Gasteiger partial charge in [-0.05, 0) is 66.0 Å². The first-order chi connectivity index (χ1) is 19.2. The van der Waals surface area contributed by atoms with Crippen LogP contribution in [0.1, 0.15) is 42.4 Å². The Morgan fingerprint density at radius 2 is 1.77 bits per heavy atom. The Kier molecular flexibility index (Phi) is 9.81. The molecular weight excluding hydrogens is 486 g/mol. The van der Waals surface area contributed by atoms with Gasteiger partial charge in [0.2, 0.25) is 0 Å². The molecule has 0 aliphatic heterocycles. The van der Waals surface area contributed by atoms with Crippen LogP contribution in [0.4, 0.5) is 0 Å². The average molecular weight is 528 g/mol. The molecule has 2 N–H and O–H groups in total. The van der Waals surface area contributed by atoms with Crippen molar-refractivity contribution in [2.24, 2.45) is 23.7 Å². The van der Waals surface area contributed by atoms with Crippen LogP contribution in [0.15, 0.2) is 85.0 Å². The number of benzene rings is 2. The van der Waals surface area contributed by atoms with Gasteiger partial charge < -0.3 is 19.9 Å². The lowest BCUT2D eigenvalue weighted by Gasteiger charge is -2.33. The van der Waals surface area contributed by atoms with Crippen LogP contribution in [0.25, 0.3) is 6.08 Å². The van der Waals surface area contributed by atoms with Crippen molar-refractivity contribution in [3.8, 4) is 0 Å². The molecule has 0 saturated heterocycles. The van der Waals surface area contributed by atoms with E-state index in [0.717, 1.165) is 18.4 Å². The Balaban J connectivity index is 1.07. The number of carbonyl (C=O) groups excluding carboxylic acids is 1. The molecule has 1 saturated carbocycles. The predicted octanol–water partition coefficient (Wildman–Crippen LogP) is 5.50. The van der Waals surface area contributed by atoms with Gasteiger partial charge in [0.25, 0.3) is 0 Å². The molecule has 1 fully saturated rings.